The lowest BCUT2D eigenvalue weighted by atomic mass is 10.0. The molecule has 1 aromatic carbocycles. The number of hydrogen-bond acceptors (Lipinski definition) is 3. The summed E-state index contributed by atoms with van der Waals surface area (Å²) in [4.78, 5) is 0. The molecule has 5 heteroatoms. The Kier molecular flexibility index (Phi) is 3.83. The number of alkyl halides is 2. The summed E-state index contributed by atoms with van der Waals surface area (Å²) >= 11 is 0. The minimum atomic E-state index is -3.05. The zero-order chi connectivity index (χ0) is 12.3. The van der Waals surface area contributed by atoms with Gasteiger partial charge in [-0.15, -0.1) is 0 Å². The van der Waals surface area contributed by atoms with Gasteiger partial charge < -0.3 is 16.2 Å². The van der Waals surface area contributed by atoms with E-state index in [2.05, 4.69) is 4.74 Å². The molecule has 0 radical (unpaired) electrons. The van der Waals surface area contributed by atoms with E-state index in [9.17, 15) is 8.78 Å². The molecule has 0 saturated heterocycles. The molecule has 90 valence electrons. The first kappa shape index (κ1) is 12.9. The molecule has 0 aromatic heterocycles. The largest absolute Gasteiger partial charge is 0.399 e. The highest BCUT2D eigenvalue weighted by molar-refractivity contribution is 5.46. The van der Waals surface area contributed by atoms with Crippen molar-refractivity contribution in [3.8, 4) is 0 Å². The molecule has 0 aliphatic heterocycles. The minimum absolute atomic E-state index is 0.165. The summed E-state index contributed by atoms with van der Waals surface area (Å²) in [6, 6.07) is 3.86. The first-order valence-electron chi connectivity index (χ1n) is 4.90. The van der Waals surface area contributed by atoms with Crippen LogP contribution in [0.2, 0.25) is 0 Å². The average Bonchev–Trinajstić information content (AvgIpc) is 2.16. The molecule has 0 bridgehead atoms. The van der Waals surface area contributed by atoms with Gasteiger partial charge in [0.1, 0.15) is 6.61 Å². The summed E-state index contributed by atoms with van der Waals surface area (Å²) in [5.74, 6) is -3.05. The van der Waals surface area contributed by atoms with Crippen LogP contribution in [0.1, 0.15) is 24.1 Å². The van der Waals surface area contributed by atoms with E-state index >= 15 is 0 Å². The second-order valence-electron chi connectivity index (χ2n) is 3.81. The van der Waals surface area contributed by atoms with Crippen LogP contribution >= 0.6 is 0 Å². The second-order valence-corrected chi connectivity index (χ2v) is 3.81. The molecule has 4 N–H and O–H groups in total. The van der Waals surface area contributed by atoms with Crippen molar-refractivity contribution in [2.75, 3.05) is 19.5 Å². The van der Waals surface area contributed by atoms with Crippen molar-refractivity contribution in [2.24, 2.45) is 5.73 Å². The van der Waals surface area contributed by atoms with Gasteiger partial charge in [0.2, 0.25) is 0 Å². The third-order valence-electron chi connectivity index (χ3n) is 2.25. The molecule has 0 spiro atoms. The van der Waals surface area contributed by atoms with Crippen molar-refractivity contribution in [1.29, 1.82) is 0 Å². The first-order chi connectivity index (χ1) is 7.36. The maximum atomic E-state index is 13.6. The van der Waals surface area contributed by atoms with Gasteiger partial charge in [-0.2, -0.15) is 8.78 Å². The van der Waals surface area contributed by atoms with E-state index in [4.69, 9.17) is 11.5 Å². The lowest BCUT2D eigenvalue weighted by molar-refractivity contribution is -0.0698. The van der Waals surface area contributed by atoms with Crippen LogP contribution in [-0.4, -0.2) is 13.7 Å². The Morgan fingerprint density at radius 3 is 2.50 bits per heavy atom. The Balaban J connectivity index is 3.13. The molecule has 1 atom stereocenters. The van der Waals surface area contributed by atoms with E-state index in [-0.39, 0.29) is 17.3 Å². The lowest BCUT2D eigenvalue weighted by Gasteiger charge is -2.18. The van der Waals surface area contributed by atoms with Gasteiger partial charge in [-0.25, -0.2) is 0 Å². The molecular weight excluding hydrogens is 214 g/mol. The fourth-order valence-electron chi connectivity index (χ4n) is 1.42. The van der Waals surface area contributed by atoms with E-state index in [1.165, 1.54) is 19.2 Å². The number of halogens is 2. The normalized spacial score (nSPS) is 13.8. The molecule has 0 fully saturated rings. The van der Waals surface area contributed by atoms with E-state index in [1.807, 2.05) is 0 Å². The molecule has 16 heavy (non-hydrogen) atoms. The molecule has 1 aromatic rings. The summed E-state index contributed by atoms with van der Waals surface area (Å²) < 4.78 is 31.6. The van der Waals surface area contributed by atoms with Gasteiger partial charge in [-0.1, -0.05) is 0 Å². The fraction of sp³-hybridized carbons (Fsp3) is 0.455. The standard InChI is InChI=1S/C11H16F2N2O/c1-7(14)8-3-9(5-10(15)4-8)11(12,13)6-16-2/h3-5,7H,6,14-15H2,1-2H3/t7-/m1/s1. The molecule has 0 heterocycles. The number of nitrogen functional groups attached to an aromatic ring is 1. The van der Waals surface area contributed by atoms with Gasteiger partial charge in [-0.05, 0) is 30.7 Å². The summed E-state index contributed by atoms with van der Waals surface area (Å²) in [6.45, 7) is 1.04. The molecule has 0 amide bonds. The first-order valence-corrected chi connectivity index (χ1v) is 4.90. The van der Waals surface area contributed by atoms with Crippen LogP contribution in [0.3, 0.4) is 0 Å². The minimum Gasteiger partial charge on any atom is -0.399 e. The average molecular weight is 230 g/mol. The number of methoxy groups -OCH3 is 1. The van der Waals surface area contributed by atoms with Crippen molar-refractivity contribution >= 4 is 5.69 Å². The molecular formula is C11H16F2N2O. The number of rotatable bonds is 4. The van der Waals surface area contributed by atoms with Gasteiger partial charge in [0, 0.05) is 24.4 Å². The third-order valence-corrected chi connectivity index (χ3v) is 2.25. The maximum absolute atomic E-state index is 13.6. The lowest BCUT2D eigenvalue weighted by Crippen LogP contribution is -2.21. The van der Waals surface area contributed by atoms with Gasteiger partial charge >= 0.3 is 0 Å². The number of nitrogens with two attached hydrogens (primary N) is 2. The van der Waals surface area contributed by atoms with Crippen LogP contribution < -0.4 is 11.5 Å². The summed E-state index contributed by atoms with van der Waals surface area (Å²) in [5.41, 5.74) is 11.9. The van der Waals surface area contributed by atoms with Crippen LogP contribution in [0.25, 0.3) is 0 Å². The van der Waals surface area contributed by atoms with Gasteiger partial charge in [-0.3, -0.25) is 0 Å². The highest BCUT2D eigenvalue weighted by Gasteiger charge is 2.32. The van der Waals surface area contributed by atoms with E-state index in [0.717, 1.165) is 0 Å². The maximum Gasteiger partial charge on any atom is 0.296 e. The third kappa shape index (κ3) is 2.90. The Labute approximate surface area is 93.4 Å². The molecule has 0 aliphatic carbocycles. The van der Waals surface area contributed by atoms with Gasteiger partial charge in [0.05, 0.1) is 0 Å². The van der Waals surface area contributed by atoms with Crippen LogP contribution in [0.15, 0.2) is 18.2 Å². The summed E-state index contributed by atoms with van der Waals surface area (Å²) in [5, 5.41) is 0. The Morgan fingerprint density at radius 1 is 1.38 bits per heavy atom. The molecule has 3 nitrogen and oxygen atoms in total. The van der Waals surface area contributed by atoms with Gasteiger partial charge in [0.15, 0.2) is 0 Å². The van der Waals surface area contributed by atoms with Crippen molar-refractivity contribution in [1.82, 2.24) is 0 Å². The Morgan fingerprint density at radius 2 is 2.00 bits per heavy atom. The van der Waals surface area contributed by atoms with Crippen LogP contribution in [-0.2, 0) is 10.7 Å². The predicted molar refractivity (Wildman–Crippen MR) is 59.2 cm³/mol. The van der Waals surface area contributed by atoms with Crippen LogP contribution in [0, 0.1) is 0 Å². The van der Waals surface area contributed by atoms with Crippen molar-refractivity contribution in [3.63, 3.8) is 0 Å². The second kappa shape index (κ2) is 4.76. The molecule has 0 aliphatic rings. The van der Waals surface area contributed by atoms with E-state index in [0.29, 0.717) is 5.56 Å². The molecule has 1 rings (SSSR count). The van der Waals surface area contributed by atoms with Crippen molar-refractivity contribution < 1.29 is 13.5 Å². The van der Waals surface area contributed by atoms with Crippen molar-refractivity contribution in [2.45, 2.75) is 18.9 Å². The Bertz CT molecular complexity index is 367. The fourth-order valence-corrected chi connectivity index (χ4v) is 1.42. The zero-order valence-electron chi connectivity index (χ0n) is 9.34. The van der Waals surface area contributed by atoms with Crippen LogP contribution in [0.4, 0.5) is 14.5 Å². The number of anilines is 1. The highest BCUT2D eigenvalue weighted by atomic mass is 19.3. The zero-order valence-corrected chi connectivity index (χ0v) is 9.34. The predicted octanol–water partition coefficient (Wildman–Crippen LogP) is 2.03. The number of hydrogen-bond donors (Lipinski definition) is 2. The quantitative estimate of drug-likeness (QED) is 0.778. The molecule has 0 saturated carbocycles. The number of ether oxygens (including phenoxy) is 1. The summed E-state index contributed by atoms with van der Waals surface area (Å²) in [7, 11) is 1.23. The van der Waals surface area contributed by atoms with Crippen molar-refractivity contribution in [3.05, 3.63) is 29.3 Å². The molecule has 0 unspecified atom stereocenters. The highest BCUT2D eigenvalue weighted by Crippen LogP contribution is 2.31. The van der Waals surface area contributed by atoms with E-state index < -0.39 is 12.5 Å². The summed E-state index contributed by atoms with van der Waals surface area (Å²) in [6.07, 6.45) is 0. The Hall–Kier alpha value is -1.20. The van der Waals surface area contributed by atoms with Gasteiger partial charge in [0.25, 0.3) is 5.92 Å². The number of benzene rings is 1. The topological polar surface area (TPSA) is 61.3 Å². The SMILES string of the molecule is COCC(F)(F)c1cc(N)cc([C@@H](C)N)c1. The smallest absolute Gasteiger partial charge is 0.296 e. The van der Waals surface area contributed by atoms with E-state index in [1.54, 1.807) is 13.0 Å². The monoisotopic (exact) mass is 230 g/mol. The van der Waals surface area contributed by atoms with Crippen LogP contribution in [0.5, 0.6) is 0 Å².